The Hall–Kier alpha value is -3.20. The smallest absolute Gasteiger partial charge is 0.324 e. The van der Waals surface area contributed by atoms with Crippen LogP contribution in [-0.2, 0) is 10.3 Å². The van der Waals surface area contributed by atoms with E-state index in [2.05, 4.69) is 5.32 Å². The summed E-state index contributed by atoms with van der Waals surface area (Å²) in [5, 5.41) is 11.8. The first-order valence-corrected chi connectivity index (χ1v) is 7.74. The Morgan fingerprint density at radius 1 is 1.24 bits per heavy atom. The van der Waals surface area contributed by atoms with Crippen molar-refractivity contribution in [2.45, 2.75) is 18.9 Å². The first-order valence-electron chi connectivity index (χ1n) is 7.74. The summed E-state index contributed by atoms with van der Waals surface area (Å²) in [7, 11) is 1.43. The van der Waals surface area contributed by atoms with E-state index in [1.807, 2.05) is 6.07 Å². The van der Waals surface area contributed by atoms with Crippen LogP contribution >= 0.6 is 0 Å². The number of nitriles is 1. The van der Waals surface area contributed by atoms with Gasteiger partial charge in [-0.15, -0.1) is 0 Å². The second kappa shape index (κ2) is 6.02. The molecule has 1 aliphatic rings. The molecule has 0 aromatic heterocycles. The normalized spacial score (nSPS) is 20.2. The minimum Gasteiger partial charge on any atom is -0.328 e. The van der Waals surface area contributed by atoms with Crippen molar-refractivity contribution in [3.63, 3.8) is 0 Å². The van der Waals surface area contributed by atoms with Crippen LogP contribution in [0.4, 0.5) is 9.18 Å². The molecule has 6 heteroatoms. The standard InChI is InChI=1S/C19H16FN3O2/c1-19(10-16(24)23(2)18(25)22-19)14-7-3-5-12(9-14)15-8-4-6-13(11-21)17(15)20/h3-9H,10H2,1-2H3,(H,22,25)/t19-/m0/s1. The van der Waals surface area contributed by atoms with Crippen LogP contribution in [0.3, 0.4) is 0 Å². The number of carbonyl (C=O) groups excluding carboxylic acids is 2. The molecule has 0 spiro atoms. The number of nitrogens with one attached hydrogen (secondary N) is 1. The van der Waals surface area contributed by atoms with Gasteiger partial charge in [-0.05, 0) is 30.2 Å². The lowest BCUT2D eigenvalue weighted by Gasteiger charge is -2.38. The summed E-state index contributed by atoms with van der Waals surface area (Å²) < 4.78 is 14.5. The van der Waals surface area contributed by atoms with Gasteiger partial charge in [-0.1, -0.05) is 30.3 Å². The van der Waals surface area contributed by atoms with Crippen molar-refractivity contribution in [3.8, 4) is 17.2 Å². The van der Waals surface area contributed by atoms with Gasteiger partial charge in [0.1, 0.15) is 11.9 Å². The molecule has 1 saturated heterocycles. The van der Waals surface area contributed by atoms with Crippen molar-refractivity contribution in [1.82, 2.24) is 10.2 Å². The number of rotatable bonds is 2. The fraction of sp³-hybridized carbons (Fsp3) is 0.211. The van der Waals surface area contributed by atoms with Gasteiger partial charge in [0.25, 0.3) is 0 Å². The fourth-order valence-corrected chi connectivity index (χ4v) is 2.94. The van der Waals surface area contributed by atoms with Crippen molar-refractivity contribution >= 4 is 11.9 Å². The highest BCUT2D eigenvalue weighted by Gasteiger charge is 2.39. The summed E-state index contributed by atoms with van der Waals surface area (Å²) in [4.78, 5) is 25.1. The number of benzene rings is 2. The SMILES string of the molecule is CN1C(=O)C[C@@](C)(c2cccc(-c3cccc(C#N)c3F)c2)NC1=O. The van der Waals surface area contributed by atoms with E-state index < -0.39 is 17.4 Å². The molecule has 0 unspecified atom stereocenters. The molecule has 5 nitrogen and oxygen atoms in total. The van der Waals surface area contributed by atoms with Crippen LogP contribution in [-0.4, -0.2) is 23.9 Å². The van der Waals surface area contributed by atoms with Gasteiger partial charge in [0.2, 0.25) is 5.91 Å². The summed E-state index contributed by atoms with van der Waals surface area (Å²) in [6, 6.07) is 13.0. The predicted octanol–water partition coefficient (Wildman–Crippen LogP) is 3.15. The maximum absolute atomic E-state index is 14.5. The Kier molecular flexibility index (Phi) is 4.01. The lowest BCUT2D eigenvalue weighted by molar-refractivity contribution is -0.130. The van der Waals surface area contributed by atoms with Crippen LogP contribution in [0.5, 0.6) is 0 Å². The van der Waals surface area contributed by atoms with E-state index in [-0.39, 0.29) is 17.9 Å². The lowest BCUT2D eigenvalue weighted by Crippen LogP contribution is -2.57. The molecule has 3 rings (SSSR count). The van der Waals surface area contributed by atoms with Crippen LogP contribution in [0, 0.1) is 17.1 Å². The molecule has 0 radical (unpaired) electrons. The summed E-state index contributed by atoms with van der Waals surface area (Å²) in [5.41, 5.74) is 0.669. The topological polar surface area (TPSA) is 73.2 Å². The fourth-order valence-electron chi connectivity index (χ4n) is 2.94. The molecule has 0 aliphatic carbocycles. The molecule has 1 atom stereocenters. The van der Waals surface area contributed by atoms with E-state index in [1.54, 1.807) is 43.3 Å². The zero-order valence-electron chi connectivity index (χ0n) is 13.8. The molecule has 1 fully saturated rings. The Bertz CT molecular complexity index is 899. The van der Waals surface area contributed by atoms with Crippen molar-refractivity contribution in [2.24, 2.45) is 0 Å². The molecule has 1 aliphatic heterocycles. The minimum absolute atomic E-state index is 0.0307. The quantitative estimate of drug-likeness (QED) is 0.915. The molecule has 25 heavy (non-hydrogen) atoms. The van der Waals surface area contributed by atoms with E-state index >= 15 is 0 Å². The molecule has 3 amide bonds. The summed E-state index contributed by atoms with van der Waals surface area (Å²) in [6.45, 7) is 1.76. The average Bonchev–Trinajstić information content (AvgIpc) is 2.60. The van der Waals surface area contributed by atoms with Gasteiger partial charge in [-0.3, -0.25) is 9.69 Å². The van der Waals surface area contributed by atoms with Gasteiger partial charge in [0, 0.05) is 12.6 Å². The Morgan fingerprint density at radius 2 is 1.96 bits per heavy atom. The van der Waals surface area contributed by atoms with Gasteiger partial charge in [0.05, 0.1) is 17.5 Å². The second-order valence-electron chi connectivity index (χ2n) is 6.25. The van der Waals surface area contributed by atoms with Gasteiger partial charge < -0.3 is 5.32 Å². The third-order valence-corrected chi connectivity index (χ3v) is 4.50. The summed E-state index contributed by atoms with van der Waals surface area (Å²) in [5.74, 6) is -0.870. The van der Waals surface area contributed by atoms with E-state index in [1.165, 1.54) is 13.1 Å². The molecule has 1 N–H and O–H groups in total. The third kappa shape index (κ3) is 2.85. The second-order valence-corrected chi connectivity index (χ2v) is 6.25. The highest BCUT2D eigenvalue weighted by atomic mass is 19.1. The van der Waals surface area contributed by atoms with Crippen molar-refractivity contribution in [1.29, 1.82) is 5.26 Å². The summed E-state index contributed by atoms with van der Waals surface area (Å²) >= 11 is 0. The van der Waals surface area contributed by atoms with Crippen molar-refractivity contribution in [2.75, 3.05) is 7.05 Å². The van der Waals surface area contributed by atoms with E-state index in [4.69, 9.17) is 5.26 Å². The number of carbonyl (C=O) groups is 2. The zero-order chi connectivity index (χ0) is 18.2. The van der Waals surface area contributed by atoms with E-state index in [0.717, 1.165) is 4.90 Å². The van der Waals surface area contributed by atoms with Crippen LogP contribution < -0.4 is 5.32 Å². The van der Waals surface area contributed by atoms with Gasteiger partial charge in [-0.25, -0.2) is 9.18 Å². The first-order chi connectivity index (χ1) is 11.9. The largest absolute Gasteiger partial charge is 0.328 e. The molecular weight excluding hydrogens is 321 g/mol. The van der Waals surface area contributed by atoms with E-state index in [0.29, 0.717) is 16.7 Å². The number of halogens is 1. The minimum atomic E-state index is -0.875. The molecule has 126 valence electrons. The molecule has 0 saturated carbocycles. The third-order valence-electron chi connectivity index (χ3n) is 4.50. The van der Waals surface area contributed by atoms with E-state index in [9.17, 15) is 14.0 Å². The molecule has 1 heterocycles. The molecule has 2 aromatic rings. The van der Waals surface area contributed by atoms with Gasteiger partial charge >= 0.3 is 6.03 Å². The van der Waals surface area contributed by atoms with Gasteiger partial charge in [0.15, 0.2) is 0 Å². The number of urea groups is 1. The highest BCUT2D eigenvalue weighted by molar-refractivity contribution is 5.97. The van der Waals surface area contributed by atoms with Crippen molar-refractivity contribution in [3.05, 3.63) is 59.4 Å². The average molecular weight is 337 g/mol. The predicted molar refractivity (Wildman–Crippen MR) is 89.8 cm³/mol. The maximum atomic E-state index is 14.5. The van der Waals surface area contributed by atoms with Gasteiger partial charge in [-0.2, -0.15) is 5.26 Å². The monoisotopic (exact) mass is 337 g/mol. The number of hydrogen-bond acceptors (Lipinski definition) is 3. The number of amides is 3. The Balaban J connectivity index is 2.05. The number of imide groups is 1. The van der Waals surface area contributed by atoms with Crippen LogP contribution in [0.2, 0.25) is 0 Å². The summed E-state index contributed by atoms with van der Waals surface area (Å²) in [6.07, 6.45) is 0.111. The van der Waals surface area contributed by atoms with Crippen LogP contribution in [0.15, 0.2) is 42.5 Å². The number of hydrogen-bond donors (Lipinski definition) is 1. The zero-order valence-corrected chi connectivity index (χ0v) is 13.8. The Labute approximate surface area is 144 Å². The molecular formula is C19H16FN3O2. The molecule has 0 bridgehead atoms. The van der Waals surface area contributed by atoms with Crippen LogP contribution in [0.25, 0.3) is 11.1 Å². The lowest BCUT2D eigenvalue weighted by atomic mass is 9.85. The Morgan fingerprint density at radius 3 is 2.64 bits per heavy atom. The highest BCUT2D eigenvalue weighted by Crippen LogP contribution is 2.33. The van der Waals surface area contributed by atoms with Crippen LogP contribution in [0.1, 0.15) is 24.5 Å². The number of nitrogens with zero attached hydrogens (tertiary/aromatic N) is 2. The molecule has 2 aromatic carbocycles. The maximum Gasteiger partial charge on any atom is 0.324 e. The van der Waals surface area contributed by atoms with Crippen molar-refractivity contribution < 1.29 is 14.0 Å². The first kappa shape index (κ1) is 16.7.